The van der Waals surface area contributed by atoms with Crippen LogP contribution < -0.4 is 20.3 Å². The zero-order valence-corrected chi connectivity index (χ0v) is 22.2. The Morgan fingerprint density at radius 2 is 1.64 bits per heavy atom. The van der Waals surface area contributed by atoms with Crippen LogP contribution in [0.25, 0.3) is 0 Å². The molecular formula is C29H26ClN3O6. The van der Waals surface area contributed by atoms with E-state index in [-0.39, 0.29) is 28.1 Å². The topological polar surface area (TPSA) is 114 Å². The zero-order chi connectivity index (χ0) is 28.1. The van der Waals surface area contributed by atoms with Crippen molar-refractivity contribution in [1.82, 2.24) is 0 Å². The summed E-state index contributed by atoms with van der Waals surface area (Å²) in [7, 11) is 0. The number of nitrogens with zero attached hydrogens (tertiary/aromatic N) is 1. The molecule has 3 aromatic carbocycles. The first-order chi connectivity index (χ1) is 18.7. The number of carbonyl (C=O) groups excluding carboxylic acids is 4. The van der Waals surface area contributed by atoms with Crippen molar-refractivity contribution in [2.75, 3.05) is 22.1 Å². The fourth-order valence-electron chi connectivity index (χ4n) is 3.80. The molecule has 0 atom stereocenters. The first-order valence-corrected chi connectivity index (χ1v) is 12.6. The molecule has 9 nitrogen and oxygen atoms in total. The van der Waals surface area contributed by atoms with Gasteiger partial charge in [0.2, 0.25) is 0 Å². The van der Waals surface area contributed by atoms with E-state index in [9.17, 15) is 19.2 Å². The molecule has 39 heavy (non-hydrogen) atoms. The molecule has 10 heteroatoms. The molecule has 1 aliphatic heterocycles. The molecular weight excluding hydrogens is 522 g/mol. The summed E-state index contributed by atoms with van der Waals surface area (Å²) in [6.07, 6.45) is -0.286. The fraction of sp³-hybridized carbons (Fsp3) is 0.172. The number of rotatable bonds is 9. The smallest absolute Gasteiger partial charge is 0.338 e. The molecule has 0 saturated carbocycles. The highest BCUT2D eigenvalue weighted by atomic mass is 35.5. The monoisotopic (exact) mass is 547 g/mol. The second-order valence-corrected chi connectivity index (χ2v) is 9.10. The van der Waals surface area contributed by atoms with Crippen LogP contribution in [0.4, 0.5) is 17.1 Å². The lowest BCUT2D eigenvalue weighted by Gasteiger charge is -2.16. The third kappa shape index (κ3) is 6.10. The van der Waals surface area contributed by atoms with Gasteiger partial charge in [0.15, 0.2) is 0 Å². The SMILES string of the molecule is CCOc1ccccc1NC(=O)c1cccc(NC2=C(Cl)C(=O)N(c3ccc(C(=O)OC(C)C)cc3)C2=O)c1. The molecule has 0 radical (unpaired) electrons. The molecule has 200 valence electrons. The average molecular weight is 548 g/mol. The second kappa shape index (κ2) is 11.8. The van der Waals surface area contributed by atoms with Crippen LogP contribution in [0.3, 0.4) is 0 Å². The normalized spacial score (nSPS) is 13.1. The third-order valence-corrected chi connectivity index (χ3v) is 5.91. The van der Waals surface area contributed by atoms with E-state index in [0.29, 0.717) is 29.3 Å². The minimum Gasteiger partial charge on any atom is -0.492 e. The Morgan fingerprint density at radius 1 is 0.923 bits per heavy atom. The predicted octanol–water partition coefficient (Wildman–Crippen LogP) is 5.34. The van der Waals surface area contributed by atoms with Gasteiger partial charge in [-0.2, -0.15) is 0 Å². The van der Waals surface area contributed by atoms with Crippen molar-refractivity contribution in [2.24, 2.45) is 0 Å². The number of benzene rings is 3. The number of ether oxygens (including phenoxy) is 2. The van der Waals surface area contributed by atoms with Crippen LogP contribution in [0.5, 0.6) is 5.75 Å². The van der Waals surface area contributed by atoms with Crippen molar-refractivity contribution < 1.29 is 28.7 Å². The maximum absolute atomic E-state index is 13.2. The third-order valence-electron chi connectivity index (χ3n) is 5.56. The van der Waals surface area contributed by atoms with Crippen molar-refractivity contribution in [1.29, 1.82) is 0 Å². The van der Waals surface area contributed by atoms with Gasteiger partial charge in [-0.1, -0.05) is 29.8 Å². The van der Waals surface area contributed by atoms with Gasteiger partial charge in [-0.15, -0.1) is 0 Å². The Hall–Kier alpha value is -4.63. The molecule has 1 heterocycles. The summed E-state index contributed by atoms with van der Waals surface area (Å²) in [6, 6.07) is 19.3. The van der Waals surface area contributed by atoms with Gasteiger partial charge in [0.05, 0.1) is 29.6 Å². The van der Waals surface area contributed by atoms with E-state index in [1.54, 1.807) is 56.3 Å². The Labute approximate surface area is 230 Å². The fourth-order valence-corrected chi connectivity index (χ4v) is 4.02. The van der Waals surface area contributed by atoms with E-state index in [1.165, 1.54) is 30.3 Å². The van der Waals surface area contributed by atoms with E-state index in [2.05, 4.69) is 10.6 Å². The number of carbonyl (C=O) groups is 4. The van der Waals surface area contributed by atoms with Gasteiger partial charge in [-0.3, -0.25) is 14.4 Å². The summed E-state index contributed by atoms with van der Waals surface area (Å²) in [5.41, 5.74) is 1.59. The zero-order valence-electron chi connectivity index (χ0n) is 21.5. The molecule has 0 saturated heterocycles. The molecule has 4 rings (SSSR count). The number of amides is 3. The molecule has 0 bridgehead atoms. The van der Waals surface area contributed by atoms with Crippen molar-refractivity contribution in [3.63, 3.8) is 0 Å². The van der Waals surface area contributed by atoms with Crippen LogP contribution >= 0.6 is 11.6 Å². The van der Waals surface area contributed by atoms with Crippen LogP contribution in [0.1, 0.15) is 41.5 Å². The number of para-hydroxylation sites is 2. The Bertz CT molecular complexity index is 1470. The quantitative estimate of drug-likeness (QED) is 0.274. The number of anilines is 3. The van der Waals surface area contributed by atoms with E-state index < -0.39 is 23.7 Å². The van der Waals surface area contributed by atoms with Crippen LogP contribution in [0.15, 0.2) is 83.5 Å². The van der Waals surface area contributed by atoms with Crippen LogP contribution in [-0.2, 0) is 14.3 Å². The van der Waals surface area contributed by atoms with Gasteiger partial charge < -0.3 is 20.1 Å². The lowest BCUT2D eigenvalue weighted by Crippen LogP contribution is -2.32. The largest absolute Gasteiger partial charge is 0.492 e. The minimum absolute atomic E-state index is 0.135. The van der Waals surface area contributed by atoms with Crippen molar-refractivity contribution >= 4 is 52.4 Å². The van der Waals surface area contributed by atoms with Crippen LogP contribution in [0.2, 0.25) is 0 Å². The molecule has 0 aromatic heterocycles. The lowest BCUT2D eigenvalue weighted by atomic mass is 10.1. The van der Waals surface area contributed by atoms with Crippen molar-refractivity contribution in [2.45, 2.75) is 26.9 Å². The van der Waals surface area contributed by atoms with Gasteiger partial charge >= 0.3 is 5.97 Å². The average Bonchev–Trinajstić information content (AvgIpc) is 3.12. The number of halogens is 1. The van der Waals surface area contributed by atoms with Crippen molar-refractivity contribution in [3.05, 3.63) is 94.7 Å². The molecule has 0 aliphatic carbocycles. The summed E-state index contributed by atoms with van der Waals surface area (Å²) in [6.45, 7) is 5.77. The number of imide groups is 1. The standard InChI is InChI=1S/C29H26ClN3O6/c1-4-38-23-11-6-5-10-22(23)32-26(34)19-8-7-9-20(16-19)31-25-24(30)27(35)33(28(25)36)21-14-12-18(13-15-21)29(37)39-17(2)3/h5-17,31H,4H2,1-3H3,(H,32,34). The predicted molar refractivity (Wildman–Crippen MR) is 148 cm³/mol. The van der Waals surface area contributed by atoms with Gasteiger partial charge in [0, 0.05) is 11.3 Å². The number of esters is 1. The summed E-state index contributed by atoms with van der Waals surface area (Å²) in [5.74, 6) is -1.76. The van der Waals surface area contributed by atoms with E-state index in [1.807, 2.05) is 6.92 Å². The van der Waals surface area contributed by atoms with Crippen LogP contribution in [0, 0.1) is 0 Å². The number of nitrogens with one attached hydrogen (secondary N) is 2. The van der Waals surface area contributed by atoms with Gasteiger partial charge in [0.25, 0.3) is 17.7 Å². The molecule has 1 aliphatic rings. The van der Waals surface area contributed by atoms with E-state index >= 15 is 0 Å². The van der Waals surface area contributed by atoms with Gasteiger partial charge in [0.1, 0.15) is 16.5 Å². The Kier molecular flexibility index (Phi) is 8.31. The van der Waals surface area contributed by atoms with Gasteiger partial charge in [-0.05, 0) is 75.4 Å². The summed E-state index contributed by atoms with van der Waals surface area (Å²) >= 11 is 6.25. The number of hydrogen-bond donors (Lipinski definition) is 2. The Morgan fingerprint density at radius 3 is 2.33 bits per heavy atom. The van der Waals surface area contributed by atoms with Crippen LogP contribution in [-0.4, -0.2) is 36.4 Å². The van der Waals surface area contributed by atoms with Gasteiger partial charge in [-0.25, -0.2) is 9.69 Å². The summed E-state index contributed by atoms with van der Waals surface area (Å²) < 4.78 is 10.7. The Balaban J connectivity index is 1.49. The molecule has 3 amide bonds. The van der Waals surface area contributed by atoms with E-state index in [0.717, 1.165) is 4.90 Å². The second-order valence-electron chi connectivity index (χ2n) is 8.72. The first-order valence-electron chi connectivity index (χ1n) is 12.2. The highest BCUT2D eigenvalue weighted by Crippen LogP contribution is 2.31. The molecule has 2 N–H and O–H groups in total. The maximum atomic E-state index is 13.2. The molecule has 0 spiro atoms. The molecule has 0 fully saturated rings. The number of hydrogen-bond acceptors (Lipinski definition) is 7. The first kappa shape index (κ1) is 27.4. The lowest BCUT2D eigenvalue weighted by molar-refractivity contribution is -0.120. The molecule has 3 aromatic rings. The summed E-state index contributed by atoms with van der Waals surface area (Å²) in [4.78, 5) is 51.9. The summed E-state index contributed by atoms with van der Waals surface area (Å²) in [5, 5.41) is 5.38. The van der Waals surface area contributed by atoms with Crippen molar-refractivity contribution in [3.8, 4) is 5.75 Å². The van der Waals surface area contributed by atoms with E-state index in [4.69, 9.17) is 21.1 Å². The highest BCUT2D eigenvalue weighted by Gasteiger charge is 2.39. The highest BCUT2D eigenvalue weighted by molar-refractivity contribution is 6.53. The minimum atomic E-state index is -0.719. The maximum Gasteiger partial charge on any atom is 0.338 e. The molecule has 0 unspecified atom stereocenters.